The fourth-order valence-electron chi connectivity index (χ4n) is 2.70. The molecule has 2 rings (SSSR count). The maximum Gasteiger partial charge on any atom is 0.335 e. The first-order chi connectivity index (χ1) is 9.90. The Morgan fingerprint density at radius 2 is 2.10 bits per heavy atom. The first-order valence-electron chi connectivity index (χ1n) is 7.04. The van der Waals surface area contributed by atoms with Gasteiger partial charge in [-0.1, -0.05) is 13.8 Å². The number of hydrogen-bond acceptors (Lipinski definition) is 3. The van der Waals surface area contributed by atoms with Gasteiger partial charge in [-0.25, -0.2) is 9.59 Å². The first kappa shape index (κ1) is 15.2. The summed E-state index contributed by atoms with van der Waals surface area (Å²) in [6.45, 7) is 4.85. The lowest BCUT2D eigenvalue weighted by Crippen LogP contribution is -2.41. The molecule has 1 aliphatic heterocycles. The van der Waals surface area contributed by atoms with Crippen LogP contribution in [0.5, 0.6) is 5.75 Å². The predicted molar refractivity (Wildman–Crippen MR) is 78.7 cm³/mol. The number of nitrogens with zero attached hydrogens (tertiary/aromatic N) is 1. The molecule has 2 amide bonds. The smallest absolute Gasteiger partial charge is 0.335 e. The minimum Gasteiger partial charge on any atom is -0.506 e. The molecule has 6 heteroatoms. The summed E-state index contributed by atoms with van der Waals surface area (Å²) in [6, 6.07) is 3.82. The maximum absolute atomic E-state index is 12.3. The minimum atomic E-state index is -1.12. The van der Waals surface area contributed by atoms with Gasteiger partial charge in [0.05, 0.1) is 11.3 Å². The van der Waals surface area contributed by atoms with Crippen LogP contribution in [0.2, 0.25) is 0 Å². The standard InChI is InChI=1S/C15H20N2O4/c1-9(2)12-4-3-7-17(12)15(21)16-11-6-5-10(14(19)20)8-13(11)18/h5-6,8-9,12,18H,3-4,7H2,1-2H3,(H,16,21)(H,19,20). The van der Waals surface area contributed by atoms with Crippen LogP contribution in [0.4, 0.5) is 10.5 Å². The fourth-order valence-corrected chi connectivity index (χ4v) is 2.70. The highest BCUT2D eigenvalue weighted by atomic mass is 16.4. The average molecular weight is 292 g/mol. The second kappa shape index (κ2) is 6.03. The SMILES string of the molecule is CC(C)C1CCCN1C(=O)Nc1ccc(C(=O)O)cc1O. The van der Waals surface area contributed by atoms with E-state index in [4.69, 9.17) is 5.11 Å². The summed E-state index contributed by atoms with van der Waals surface area (Å²) in [5.41, 5.74) is 0.200. The lowest BCUT2D eigenvalue weighted by molar-refractivity contribution is 0.0696. The van der Waals surface area contributed by atoms with Crippen molar-refractivity contribution in [2.24, 2.45) is 5.92 Å². The highest BCUT2D eigenvalue weighted by Gasteiger charge is 2.31. The fraction of sp³-hybridized carbons (Fsp3) is 0.467. The Bertz CT molecular complexity index is 557. The summed E-state index contributed by atoms with van der Waals surface area (Å²) in [6.07, 6.45) is 1.95. The molecule has 3 N–H and O–H groups in total. The number of urea groups is 1. The molecule has 114 valence electrons. The summed E-state index contributed by atoms with van der Waals surface area (Å²) >= 11 is 0. The largest absolute Gasteiger partial charge is 0.506 e. The van der Waals surface area contributed by atoms with Crippen LogP contribution in [0.25, 0.3) is 0 Å². The third-order valence-electron chi connectivity index (χ3n) is 3.82. The van der Waals surface area contributed by atoms with E-state index in [1.807, 2.05) is 0 Å². The third kappa shape index (κ3) is 3.26. The molecule has 6 nitrogen and oxygen atoms in total. The lowest BCUT2D eigenvalue weighted by Gasteiger charge is -2.27. The lowest BCUT2D eigenvalue weighted by atomic mass is 10.0. The molecule has 1 saturated heterocycles. The zero-order valence-corrected chi connectivity index (χ0v) is 12.2. The van der Waals surface area contributed by atoms with Gasteiger partial charge >= 0.3 is 12.0 Å². The molecule has 0 aliphatic carbocycles. The summed E-state index contributed by atoms with van der Waals surface area (Å²) in [7, 11) is 0. The molecule has 1 atom stereocenters. The van der Waals surface area contributed by atoms with E-state index in [1.165, 1.54) is 12.1 Å². The van der Waals surface area contributed by atoms with E-state index in [0.29, 0.717) is 12.5 Å². The van der Waals surface area contributed by atoms with Crippen LogP contribution in [-0.4, -0.2) is 39.7 Å². The van der Waals surface area contributed by atoms with Crippen LogP contribution >= 0.6 is 0 Å². The monoisotopic (exact) mass is 292 g/mol. The van der Waals surface area contributed by atoms with Crippen molar-refractivity contribution in [3.8, 4) is 5.75 Å². The number of hydrogen-bond donors (Lipinski definition) is 3. The molecule has 1 aromatic carbocycles. The number of aromatic carboxylic acids is 1. The summed E-state index contributed by atoms with van der Waals surface area (Å²) in [5.74, 6) is -0.993. The van der Waals surface area contributed by atoms with Gasteiger partial charge in [-0.05, 0) is 37.0 Å². The molecule has 21 heavy (non-hydrogen) atoms. The maximum atomic E-state index is 12.3. The Balaban J connectivity index is 2.11. The molecule has 0 radical (unpaired) electrons. The molecular formula is C15H20N2O4. The quantitative estimate of drug-likeness (QED) is 0.747. The second-order valence-electron chi connectivity index (χ2n) is 5.61. The molecule has 1 heterocycles. The zero-order valence-electron chi connectivity index (χ0n) is 12.2. The molecule has 0 bridgehead atoms. The molecule has 0 saturated carbocycles. The topological polar surface area (TPSA) is 89.9 Å². The van der Waals surface area contributed by atoms with Gasteiger partial charge in [-0.15, -0.1) is 0 Å². The minimum absolute atomic E-state index is 0.0215. The number of carbonyl (C=O) groups is 2. The van der Waals surface area contributed by atoms with Gasteiger partial charge in [0.15, 0.2) is 0 Å². The van der Waals surface area contributed by atoms with Crippen LogP contribution < -0.4 is 5.32 Å². The van der Waals surface area contributed by atoms with E-state index in [0.717, 1.165) is 18.9 Å². The molecule has 0 aromatic heterocycles. The van der Waals surface area contributed by atoms with Crippen molar-refractivity contribution in [2.45, 2.75) is 32.7 Å². The van der Waals surface area contributed by atoms with Crippen molar-refractivity contribution in [1.29, 1.82) is 0 Å². The van der Waals surface area contributed by atoms with Crippen LogP contribution in [0.15, 0.2) is 18.2 Å². The molecule has 1 aromatic rings. The average Bonchev–Trinajstić information content (AvgIpc) is 2.90. The Morgan fingerprint density at radius 1 is 1.38 bits per heavy atom. The van der Waals surface area contributed by atoms with E-state index < -0.39 is 5.97 Å². The normalized spacial score (nSPS) is 18.0. The number of aromatic hydroxyl groups is 1. The van der Waals surface area contributed by atoms with Crippen LogP contribution in [0, 0.1) is 5.92 Å². The van der Waals surface area contributed by atoms with Gasteiger partial charge in [0.1, 0.15) is 5.75 Å². The van der Waals surface area contributed by atoms with Crippen LogP contribution in [0.3, 0.4) is 0 Å². The number of carboxylic acids is 1. The van der Waals surface area contributed by atoms with Gasteiger partial charge in [0, 0.05) is 12.6 Å². The van der Waals surface area contributed by atoms with Crippen molar-refractivity contribution in [3.63, 3.8) is 0 Å². The number of rotatable bonds is 3. The van der Waals surface area contributed by atoms with Gasteiger partial charge in [0.25, 0.3) is 0 Å². The number of likely N-dealkylation sites (tertiary alicyclic amines) is 1. The van der Waals surface area contributed by atoms with Crippen molar-refractivity contribution in [3.05, 3.63) is 23.8 Å². The van der Waals surface area contributed by atoms with E-state index in [9.17, 15) is 14.7 Å². The first-order valence-corrected chi connectivity index (χ1v) is 7.04. The molecule has 1 aliphatic rings. The molecular weight excluding hydrogens is 272 g/mol. The highest BCUT2D eigenvalue weighted by molar-refractivity contribution is 5.93. The molecule has 0 spiro atoms. The van der Waals surface area contributed by atoms with Gasteiger partial charge in [-0.2, -0.15) is 0 Å². The number of benzene rings is 1. The zero-order chi connectivity index (χ0) is 15.6. The van der Waals surface area contributed by atoms with Gasteiger partial charge in [-0.3, -0.25) is 0 Å². The van der Waals surface area contributed by atoms with E-state index in [2.05, 4.69) is 19.2 Å². The van der Waals surface area contributed by atoms with E-state index >= 15 is 0 Å². The van der Waals surface area contributed by atoms with Crippen molar-refractivity contribution in [2.75, 3.05) is 11.9 Å². The second-order valence-corrected chi connectivity index (χ2v) is 5.61. The van der Waals surface area contributed by atoms with Crippen molar-refractivity contribution >= 4 is 17.7 Å². The van der Waals surface area contributed by atoms with Crippen molar-refractivity contribution in [1.82, 2.24) is 4.90 Å². The van der Waals surface area contributed by atoms with Crippen LogP contribution in [0.1, 0.15) is 37.0 Å². The summed E-state index contributed by atoms with van der Waals surface area (Å²) in [4.78, 5) is 24.9. The highest BCUT2D eigenvalue weighted by Crippen LogP contribution is 2.28. The number of nitrogens with one attached hydrogen (secondary N) is 1. The predicted octanol–water partition coefficient (Wildman–Crippen LogP) is 2.74. The van der Waals surface area contributed by atoms with Crippen LogP contribution in [-0.2, 0) is 0 Å². The Labute approximate surface area is 123 Å². The molecule has 1 fully saturated rings. The van der Waals surface area contributed by atoms with E-state index in [1.54, 1.807) is 4.90 Å². The van der Waals surface area contributed by atoms with E-state index in [-0.39, 0.29) is 29.1 Å². The number of phenols is 1. The number of phenolic OH excluding ortho intramolecular Hbond substituents is 1. The Hall–Kier alpha value is -2.24. The number of anilines is 1. The number of carbonyl (C=O) groups excluding carboxylic acids is 1. The number of carboxylic acid groups (broad SMARTS) is 1. The third-order valence-corrected chi connectivity index (χ3v) is 3.82. The Kier molecular flexibility index (Phi) is 4.35. The van der Waals surface area contributed by atoms with Gasteiger partial charge in [0.2, 0.25) is 0 Å². The summed E-state index contributed by atoms with van der Waals surface area (Å²) in [5, 5.41) is 21.3. The summed E-state index contributed by atoms with van der Waals surface area (Å²) < 4.78 is 0. The number of amides is 2. The molecule has 1 unspecified atom stereocenters. The van der Waals surface area contributed by atoms with Gasteiger partial charge < -0.3 is 20.4 Å². The van der Waals surface area contributed by atoms with Crippen molar-refractivity contribution < 1.29 is 19.8 Å². The Morgan fingerprint density at radius 3 is 2.67 bits per heavy atom.